The van der Waals surface area contributed by atoms with Crippen LogP contribution in [0.4, 0.5) is 0 Å². The average Bonchev–Trinajstić information content (AvgIpc) is 2.80. The third-order valence-corrected chi connectivity index (χ3v) is 5.72. The van der Waals surface area contributed by atoms with E-state index >= 15 is 0 Å². The van der Waals surface area contributed by atoms with Crippen LogP contribution in [0.3, 0.4) is 0 Å². The van der Waals surface area contributed by atoms with Crippen molar-refractivity contribution in [3.05, 3.63) is 23.3 Å². The van der Waals surface area contributed by atoms with Crippen LogP contribution in [0.2, 0.25) is 0 Å². The molecule has 1 atom stereocenters. The lowest BCUT2D eigenvalue weighted by molar-refractivity contribution is -0.220. The van der Waals surface area contributed by atoms with E-state index in [0.29, 0.717) is 24.5 Å². The van der Waals surface area contributed by atoms with Crippen LogP contribution in [0, 0.1) is 0 Å². The molecule has 2 aliphatic carbocycles. The molecule has 0 fully saturated rings. The molecule has 27 heavy (non-hydrogen) atoms. The van der Waals surface area contributed by atoms with Gasteiger partial charge in [-0.05, 0) is 51.6 Å². The van der Waals surface area contributed by atoms with Gasteiger partial charge in [-0.2, -0.15) is 0 Å². The summed E-state index contributed by atoms with van der Waals surface area (Å²) in [5.74, 6) is -3.53. The standard InChI is InChI=1S/C21H29NO5/c1-3-5-13-22(12-4-2)16-6-7-17-15(14-16)10-11-21(20(17)25)26-18(23)8-9-19(24)27-21/h8-9,16H,3-7,10-14H2,1-2H3. The van der Waals surface area contributed by atoms with E-state index in [-0.39, 0.29) is 12.2 Å². The molecule has 0 aromatic carbocycles. The van der Waals surface area contributed by atoms with Crippen LogP contribution in [0.15, 0.2) is 23.3 Å². The van der Waals surface area contributed by atoms with Gasteiger partial charge < -0.3 is 14.4 Å². The second-order valence-electron chi connectivity index (χ2n) is 7.63. The highest BCUT2D eigenvalue weighted by atomic mass is 16.7. The van der Waals surface area contributed by atoms with Crippen molar-refractivity contribution in [2.24, 2.45) is 0 Å². The fourth-order valence-electron chi connectivity index (χ4n) is 4.37. The summed E-state index contributed by atoms with van der Waals surface area (Å²) >= 11 is 0. The van der Waals surface area contributed by atoms with E-state index in [1.54, 1.807) is 0 Å². The van der Waals surface area contributed by atoms with E-state index < -0.39 is 17.7 Å². The highest BCUT2D eigenvalue weighted by Crippen LogP contribution is 2.42. The minimum Gasteiger partial charge on any atom is -0.411 e. The maximum atomic E-state index is 13.1. The van der Waals surface area contributed by atoms with Crippen molar-refractivity contribution in [2.75, 3.05) is 13.1 Å². The quantitative estimate of drug-likeness (QED) is 0.665. The summed E-state index contributed by atoms with van der Waals surface area (Å²) in [7, 11) is 0. The molecule has 6 nitrogen and oxygen atoms in total. The normalized spacial score (nSPS) is 24.7. The van der Waals surface area contributed by atoms with Crippen molar-refractivity contribution < 1.29 is 23.9 Å². The molecule has 0 aromatic heterocycles. The topological polar surface area (TPSA) is 72.9 Å². The molecule has 0 amide bonds. The van der Waals surface area contributed by atoms with Crippen molar-refractivity contribution in [3.63, 3.8) is 0 Å². The Balaban J connectivity index is 1.77. The second-order valence-corrected chi connectivity index (χ2v) is 7.63. The van der Waals surface area contributed by atoms with Gasteiger partial charge in [-0.15, -0.1) is 0 Å². The number of ketones is 1. The molecule has 0 bridgehead atoms. The number of esters is 2. The summed E-state index contributed by atoms with van der Waals surface area (Å²) in [5, 5.41) is 0. The van der Waals surface area contributed by atoms with E-state index in [4.69, 9.17) is 9.47 Å². The van der Waals surface area contributed by atoms with Crippen LogP contribution in [0.5, 0.6) is 0 Å². The zero-order chi connectivity index (χ0) is 19.4. The van der Waals surface area contributed by atoms with Crippen LogP contribution in [0.25, 0.3) is 0 Å². The van der Waals surface area contributed by atoms with Crippen LogP contribution in [-0.4, -0.2) is 47.5 Å². The minimum absolute atomic E-state index is 0.208. The number of unbranched alkanes of at least 4 members (excludes halogenated alkanes) is 1. The lowest BCUT2D eigenvalue weighted by Gasteiger charge is -2.41. The number of hydrogen-bond donors (Lipinski definition) is 0. The van der Waals surface area contributed by atoms with Gasteiger partial charge in [-0.25, -0.2) is 9.59 Å². The molecule has 1 heterocycles. The predicted molar refractivity (Wildman–Crippen MR) is 99.7 cm³/mol. The molecule has 6 heteroatoms. The summed E-state index contributed by atoms with van der Waals surface area (Å²) in [4.78, 5) is 39.3. The van der Waals surface area contributed by atoms with Crippen molar-refractivity contribution in [1.82, 2.24) is 4.90 Å². The number of Topliss-reactive ketones (excluding diaryl/α,β-unsaturated/α-hetero) is 1. The van der Waals surface area contributed by atoms with Gasteiger partial charge in [0.1, 0.15) is 0 Å². The highest BCUT2D eigenvalue weighted by molar-refractivity contribution is 6.06. The van der Waals surface area contributed by atoms with Gasteiger partial charge >= 0.3 is 17.7 Å². The van der Waals surface area contributed by atoms with Gasteiger partial charge in [0.25, 0.3) is 0 Å². The first-order chi connectivity index (χ1) is 13.0. The van der Waals surface area contributed by atoms with Crippen molar-refractivity contribution >= 4 is 17.7 Å². The zero-order valence-corrected chi connectivity index (χ0v) is 16.3. The molecule has 0 radical (unpaired) electrons. The lowest BCUT2D eigenvalue weighted by atomic mass is 9.76. The lowest BCUT2D eigenvalue weighted by Crippen LogP contribution is -2.50. The van der Waals surface area contributed by atoms with Gasteiger partial charge in [0.05, 0.1) is 0 Å². The Morgan fingerprint density at radius 1 is 1.04 bits per heavy atom. The van der Waals surface area contributed by atoms with Gasteiger partial charge in [0.15, 0.2) is 0 Å². The van der Waals surface area contributed by atoms with Crippen molar-refractivity contribution in [1.29, 1.82) is 0 Å². The summed E-state index contributed by atoms with van der Waals surface area (Å²) in [5.41, 5.74) is 1.84. The Kier molecular flexibility index (Phi) is 6.15. The molecule has 0 N–H and O–H groups in total. The Hall–Kier alpha value is -1.95. The first kappa shape index (κ1) is 19.8. The number of ether oxygens (including phenoxy) is 2. The van der Waals surface area contributed by atoms with E-state index in [0.717, 1.165) is 50.1 Å². The third kappa shape index (κ3) is 4.15. The van der Waals surface area contributed by atoms with Crippen molar-refractivity contribution in [3.8, 4) is 0 Å². The molecular formula is C21H29NO5. The maximum absolute atomic E-state index is 13.1. The van der Waals surface area contributed by atoms with E-state index in [1.165, 1.54) is 12.8 Å². The van der Waals surface area contributed by atoms with Gasteiger partial charge in [-0.1, -0.05) is 25.8 Å². The molecule has 1 spiro atoms. The minimum atomic E-state index is -1.77. The van der Waals surface area contributed by atoms with E-state index in [1.807, 2.05) is 0 Å². The largest absolute Gasteiger partial charge is 0.411 e. The van der Waals surface area contributed by atoms with Crippen LogP contribution in [0.1, 0.15) is 65.2 Å². The molecule has 3 rings (SSSR count). The Morgan fingerprint density at radius 3 is 2.37 bits per heavy atom. The molecule has 0 saturated carbocycles. The van der Waals surface area contributed by atoms with Crippen LogP contribution in [-0.2, 0) is 23.9 Å². The zero-order valence-electron chi connectivity index (χ0n) is 16.3. The van der Waals surface area contributed by atoms with Gasteiger partial charge in [-0.3, -0.25) is 4.79 Å². The summed E-state index contributed by atoms with van der Waals surface area (Å²) in [6.07, 6.45) is 8.76. The first-order valence-electron chi connectivity index (χ1n) is 10.1. The Bertz CT molecular complexity index is 658. The molecule has 3 aliphatic rings. The molecule has 1 unspecified atom stereocenters. The number of nitrogens with zero attached hydrogens (tertiary/aromatic N) is 1. The smallest absolute Gasteiger partial charge is 0.334 e. The van der Waals surface area contributed by atoms with Crippen LogP contribution < -0.4 is 0 Å². The predicted octanol–water partition coefficient (Wildman–Crippen LogP) is 3.06. The number of hydrogen-bond acceptors (Lipinski definition) is 6. The van der Waals surface area contributed by atoms with E-state index in [9.17, 15) is 14.4 Å². The average molecular weight is 375 g/mol. The van der Waals surface area contributed by atoms with Gasteiger partial charge in [0.2, 0.25) is 5.78 Å². The second kappa shape index (κ2) is 8.38. The van der Waals surface area contributed by atoms with Crippen molar-refractivity contribution in [2.45, 2.75) is 77.0 Å². The fraction of sp³-hybridized carbons (Fsp3) is 0.667. The number of rotatable bonds is 6. The summed E-state index contributed by atoms with van der Waals surface area (Å²) in [6, 6.07) is 0.456. The molecule has 0 aromatic rings. The Labute approximate surface area is 160 Å². The summed E-state index contributed by atoms with van der Waals surface area (Å²) in [6.45, 7) is 6.57. The molecular weight excluding hydrogens is 346 g/mol. The monoisotopic (exact) mass is 375 g/mol. The summed E-state index contributed by atoms with van der Waals surface area (Å²) < 4.78 is 10.5. The molecule has 148 valence electrons. The molecule has 1 aliphatic heterocycles. The highest BCUT2D eigenvalue weighted by Gasteiger charge is 2.52. The Morgan fingerprint density at radius 2 is 1.74 bits per heavy atom. The first-order valence-corrected chi connectivity index (χ1v) is 10.1. The number of carbonyl (C=O) groups excluding carboxylic acids is 3. The molecule has 0 saturated heterocycles. The van der Waals surface area contributed by atoms with Gasteiger partial charge in [0, 0.05) is 30.2 Å². The number of carbonyl (C=O) groups is 3. The van der Waals surface area contributed by atoms with E-state index in [2.05, 4.69) is 18.7 Å². The fourth-order valence-corrected chi connectivity index (χ4v) is 4.37. The maximum Gasteiger partial charge on any atom is 0.334 e. The third-order valence-electron chi connectivity index (χ3n) is 5.72. The van der Waals surface area contributed by atoms with Crippen LogP contribution >= 0.6 is 0 Å². The SMILES string of the molecule is CCCCN(CCC)C1CCC2=C(CCC3(OC(=O)C=CC(=O)O3)C2=O)C1.